The topological polar surface area (TPSA) is 0 Å². The van der Waals surface area contributed by atoms with Crippen molar-refractivity contribution in [2.24, 2.45) is 82.9 Å². The SMILES string of the molecule is C1CCC(C2C3CC4CCCCC4CC3C(C3CCCCC3)C3C4CCCC5CCCC(C54)C23)CC1. The molecule has 0 bridgehead atoms. The quantitative estimate of drug-likeness (QED) is 0.361. The smallest absolute Gasteiger partial charge is 0.0315 e. The van der Waals surface area contributed by atoms with Gasteiger partial charge in [0.25, 0.3) is 0 Å². The first-order valence-corrected chi connectivity index (χ1v) is 17.9. The zero-order valence-electron chi connectivity index (χ0n) is 23.6. The van der Waals surface area contributed by atoms with Gasteiger partial charge in [0.2, 0.25) is 0 Å². The van der Waals surface area contributed by atoms with Crippen LogP contribution in [0.15, 0.2) is 0 Å². The molecule has 0 amide bonds. The van der Waals surface area contributed by atoms with E-state index in [1.54, 1.807) is 141 Å². The van der Waals surface area contributed by atoms with Crippen molar-refractivity contribution in [3.8, 4) is 0 Å². The number of hydrogen-bond acceptors (Lipinski definition) is 0. The summed E-state index contributed by atoms with van der Waals surface area (Å²) in [5.41, 5.74) is 0. The van der Waals surface area contributed by atoms with Gasteiger partial charge in [-0.1, -0.05) is 116 Å². The second-order valence-corrected chi connectivity index (χ2v) is 16.2. The van der Waals surface area contributed by atoms with E-state index in [-0.39, 0.29) is 0 Å². The summed E-state index contributed by atoms with van der Waals surface area (Å²) in [6.07, 6.45) is 35.5. The van der Waals surface area contributed by atoms with Crippen molar-refractivity contribution in [3.05, 3.63) is 0 Å². The van der Waals surface area contributed by atoms with Crippen molar-refractivity contribution in [2.45, 2.75) is 141 Å². The molecule has 0 aromatic heterocycles. The predicted molar refractivity (Wildman–Crippen MR) is 150 cm³/mol. The Kier molecular flexibility index (Phi) is 6.54. The summed E-state index contributed by atoms with van der Waals surface area (Å²) in [5, 5.41) is 0. The van der Waals surface area contributed by atoms with Crippen molar-refractivity contribution in [2.75, 3.05) is 0 Å². The van der Waals surface area contributed by atoms with Crippen LogP contribution in [0.25, 0.3) is 0 Å². The van der Waals surface area contributed by atoms with Gasteiger partial charge in [-0.05, 0) is 109 Å². The fourth-order valence-corrected chi connectivity index (χ4v) is 14.5. The fourth-order valence-electron chi connectivity index (χ4n) is 14.5. The third-order valence-electron chi connectivity index (χ3n) is 15.2. The first-order chi connectivity index (χ1) is 17.9. The summed E-state index contributed by atoms with van der Waals surface area (Å²) >= 11 is 0. The van der Waals surface area contributed by atoms with Crippen LogP contribution < -0.4 is 0 Å². The highest BCUT2D eigenvalue weighted by atomic mass is 14.7. The maximum atomic E-state index is 1.70. The van der Waals surface area contributed by atoms with E-state index in [0.29, 0.717) is 0 Å². The monoisotopic (exact) mass is 490 g/mol. The standard InChI is InChI=1S/C36H58/c1-3-11-24(12-4-1)33-30-21-26-15-7-8-16-27(26)22-31(30)34(25-13-5-2-6-14-25)36-29-20-10-18-23-17-9-19-28(32(23)29)35(33)36/h23-36H,1-22H2. The van der Waals surface area contributed by atoms with Crippen LogP contribution in [-0.4, -0.2) is 0 Å². The molecule has 0 aromatic carbocycles. The first kappa shape index (κ1) is 23.9. The van der Waals surface area contributed by atoms with E-state index < -0.39 is 0 Å². The lowest BCUT2D eigenvalue weighted by Crippen LogP contribution is -2.55. The first-order valence-electron chi connectivity index (χ1n) is 17.9. The maximum absolute atomic E-state index is 1.70. The van der Waals surface area contributed by atoms with E-state index in [2.05, 4.69) is 0 Å². The van der Waals surface area contributed by atoms with Crippen LogP contribution in [0.5, 0.6) is 0 Å². The summed E-state index contributed by atoms with van der Waals surface area (Å²) in [6, 6.07) is 0. The van der Waals surface area contributed by atoms with Gasteiger partial charge >= 0.3 is 0 Å². The second kappa shape index (κ2) is 9.88. The highest BCUT2D eigenvalue weighted by Crippen LogP contribution is 2.72. The van der Waals surface area contributed by atoms with Crippen LogP contribution in [-0.2, 0) is 0 Å². The van der Waals surface area contributed by atoms with Gasteiger partial charge in [-0.3, -0.25) is 0 Å². The average molecular weight is 491 g/mol. The minimum absolute atomic E-state index is 1.13. The fraction of sp³-hybridized carbons (Fsp3) is 1.00. The highest BCUT2D eigenvalue weighted by molar-refractivity contribution is 5.14. The highest BCUT2D eigenvalue weighted by Gasteiger charge is 2.66. The summed E-state index contributed by atoms with van der Waals surface area (Å²) in [4.78, 5) is 0. The largest absolute Gasteiger partial charge is 0.0533 e. The van der Waals surface area contributed by atoms with Crippen molar-refractivity contribution in [1.29, 1.82) is 0 Å². The molecule has 0 radical (unpaired) electrons. The second-order valence-electron chi connectivity index (χ2n) is 16.2. The Morgan fingerprint density at radius 1 is 0.222 bits per heavy atom. The molecule has 8 fully saturated rings. The van der Waals surface area contributed by atoms with Crippen LogP contribution in [0, 0.1) is 82.9 Å². The molecule has 0 saturated heterocycles. The third kappa shape index (κ3) is 3.78. The van der Waals surface area contributed by atoms with Crippen LogP contribution in [0.4, 0.5) is 0 Å². The van der Waals surface area contributed by atoms with E-state index in [4.69, 9.17) is 0 Å². The Hall–Kier alpha value is 0. The zero-order chi connectivity index (χ0) is 23.6. The normalized spacial score (nSPS) is 53.7. The average Bonchev–Trinajstić information content (AvgIpc) is 3.27. The molecule has 8 rings (SSSR count). The van der Waals surface area contributed by atoms with Crippen molar-refractivity contribution < 1.29 is 0 Å². The lowest BCUT2D eigenvalue weighted by molar-refractivity contribution is -0.129. The molecule has 10 unspecified atom stereocenters. The zero-order valence-corrected chi connectivity index (χ0v) is 23.6. The maximum Gasteiger partial charge on any atom is -0.0315 e. The molecule has 0 aromatic rings. The van der Waals surface area contributed by atoms with Crippen LogP contribution in [0.3, 0.4) is 0 Å². The van der Waals surface area contributed by atoms with Gasteiger partial charge in [-0.15, -0.1) is 0 Å². The van der Waals surface area contributed by atoms with Crippen LogP contribution >= 0.6 is 0 Å². The summed E-state index contributed by atoms with van der Waals surface area (Å²) in [6.45, 7) is 0. The number of fused-ring (bicyclic) bond motifs is 5. The Bertz CT molecular complexity index is 694. The molecule has 0 aliphatic heterocycles. The molecule has 202 valence electrons. The van der Waals surface area contributed by atoms with E-state index >= 15 is 0 Å². The van der Waals surface area contributed by atoms with Gasteiger partial charge in [0.1, 0.15) is 0 Å². The van der Waals surface area contributed by atoms with E-state index in [1.165, 1.54) is 29.6 Å². The molecular formula is C36H58. The lowest BCUT2D eigenvalue weighted by Gasteiger charge is -2.61. The van der Waals surface area contributed by atoms with Gasteiger partial charge in [0, 0.05) is 0 Å². The Morgan fingerprint density at radius 3 is 1.06 bits per heavy atom. The third-order valence-corrected chi connectivity index (χ3v) is 15.2. The van der Waals surface area contributed by atoms with Gasteiger partial charge < -0.3 is 0 Å². The Labute approximate surface area is 223 Å². The van der Waals surface area contributed by atoms with Gasteiger partial charge in [0.05, 0.1) is 0 Å². The molecule has 8 saturated carbocycles. The molecule has 8 aliphatic rings. The van der Waals surface area contributed by atoms with Crippen molar-refractivity contribution in [3.63, 3.8) is 0 Å². The molecule has 0 heterocycles. The summed E-state index contributed by atoms with van der Waals surface area (Å²) in [5.74, 6) is 16.2. The molecule has 0 nitrogen and oxygen atoms in total. The number of hydrogen-bond donors (Lipinski definition) is 0. The van der Waals surface area contributed by atoms with Crippen molar-refractivity contribution >= 4 is 0 Å². The molecule has 0 spiro atoms. The predicted octanol–water partition coefficient (Wildman–Crippen LogP) is 10.3. The van der Waals surface area contributed by atoms with E-state index in [9.17, 15) is 0 Å². The minimum Gasteiger partial charge on any atom is -0.0533 e. The molecule has 36 heavy (non-hydrogen) atoms. The van der Waals surface area contributed by atoms with Crippen LogP contribution in [0.2, 0.25) is 0 Å². The molecule has 8 aliphatic carbocycles. The minimum atomic E-state index is 1.13. The lowest BCUT2D eigenvalue weighted by atomic mass is 9.44. The molecular weight excluding hydrogens is 432 g/mol. The van der Waals surface area contributed by atoms with Gasteiger partial charge in [-0.25, -0.2) is 0 Å². The molecule has 0 N–H and O–H groups in total. The van der Waals surface area contributed by atoms with Gasteiger partial charge in [-0.2, -0.15) is 0 Å². The van der Waals surface area contributed by atoms with E-state index in [0.717, 1.165) is 53.3 Å². The van der Waals surface area contributed by atoms with Crippen molar-refractivity contribution in [1.82, 2.24) is 0 Å². The Balaban J connectivity index is 1.24. The van der Waals surface area contributed by atoms with Gasteiger partial charge in [0.15, 0.2) is 0 Å². The van der Waals surface area contributed by atoms with Crippen LogP contribution in [0.1, 0.15) is 141 Å². The molecule has 10 atom stereocenters. The summed E-state index contributed by atoms with van der Waals surface area (Å²) in [7, 11) is 0. The Morgan fingerprint density at radius 2 is 0.583 bits per heavy atom. The summed E-state index contributed by atoms with van der Waals surface area (Å²) < 4.78 is 0. The molecule has 0 heteroatoms. The number of rotatable bonds is 2. The van der Waals surface area contributed by atoms with E-state index in [1.807, 2.05) is 0 Å².